The molecule has 0 bridgehead atoms. The molecule has 0 saturated carbocycles. The van der Waals surface area contributed by atoms with Gasteiger partial charge in [-0.15, -0.1) is 10.2 Å². The molecule has 6 heteroatoms. The first-order valence-corrected chi connectivity index (χ1v) is 9.14. The molecular weight excluding hydrogens is 326 g/mol. The highest BCUT2D eigenvalue weighted by Gasteiger charge is 2.21. The lowest BCUT2D eigenvalue weighted by Crippen LogP contribution is -2.47. The van der Waals surface area contributed by atoms with Crippen molar-refractivity contribution in [1.82, 2.24) is 20.0 Å². The third-order valence-electron chi connectivity index (χ3n) is 4.85. The molecule has 0 unspecified atom stereocenters. The fourth-order valence-corrected chi connectivity index (χ4v) is 3.15. The summed E-state index contributed by atoms with van der Waals surface area (Å²) in [6.45, 7) is 9.67. The molecule has 2 aromatic rings. The number of carbonyl (C=O) groups is 1. The predicted octanol–water partition coefficient (Wildman–Crippen LogP) is 3.04. The van der Waals surface area contributed by atoms with Crippen molar-refractivity contribution < 1.29 is 4.79 Å². The summed E-state index contributed by atoms with van der Waals surface area (Å²) < 4.78 is 0. The Balaban J connectivity index is 1.74. The van der Waals surface area contributed by atoms with E-state index in [9.17, 15) is 4.79 Å². The van der Waals surface area contributed by atoms with E-state index in [1.54, 1.807) is 6.07 Å². The van der Waals surface area contributed by atoms with Gasteiger partial charge in [-0.25, -0.2) is 0 Å². The van der Waals surface area contributed by atoms with Crippen LogP contribution in [0, 0.1) is 6.92 Å². The zero-order valence-corrected chi connectivity index (χ0v) is 16.0. The van der Waals surface area contributed by atoms with Gasteiger partial charge in [-0.1, -0.05) is 32.0 Å². The number of hydrogen-bond acceptors (Lipinski definition) is 5. The van der Waals surface area contributed by atoms with Gasteiger partial charge in [0.1, 0.15) is 0 Å². The second kappa shape index (κ2) is 7.83. The standard InChI is InChI=1S/C20H27N5O/c1-14(2)16-7-5-6-15(3)19(16)21-18-9-8-17(22-23-18)20(26)25-12-10-24(4)11-13-25/h5-9,14H,10-13H2,1-4H3,(H,21,23). The largest absolute Gasteiger partial charge is 0.338 e. The Bertz CT molecular complexity index is 764. The Hall–Kier alpha value is -2.47. The fraction of sp³-hybridized carbons (Fsp3) is 0.450. The van der Waals surface area contributed by atoms with Crippen LogP contribution in [0.2, 0.25) is 0 Å². The van der Waals surface area contributed by atoms with Crippen LogP contribution in [0.25, 0.3) is 0 Å². The van der Waals surface area contributed by atoms with Gasteiger partial charge in [-0.05, 0) is 43.1 Å². The van der Waals surface area contributed by atoms with Crippen molar-refractivity contribution in [3.05, 3.63) is 47.2 Å². The third kappa shape index (κ3) is 4.02. The number of hydrogen-bond donors (Lipinski definition) is 1. The van der Waals surface area contributed by atoms with Crippen LogP contribution in [-0.2, 0) is 0 Å². The van der Waals surface area contributed by atoms with E-state index in [-0.39, 0.29) is 5.91 Å². The summed E-state index contributed by atoms with van der Waals surface area (Å²) in [5.41, 5.74) is 3.86. The summed E-state index contributed by atoms with van der Waals surface area (Å²) in [4.78, 5) is 16.6. The molecule has 26 heavy (non-hydrogen) atoms. The topological polar surface area (TPSA) is 61.4 Å². The Morgan fingerprint density at radius 1 is 1.08 bits per heavy atom. The minimum atomic E-state index is -0.0455. The van der Waals surface area contributed by atoms with Crippen molar-refractivity contribution in [3.63, 3.8) is 0 Å². The van der Waals surface area contributed by atoms with E-state index >= 15 is 0 Å². The molecule has 6 nitrogen and oxygen atoms in total. The van der Waals surface area contributed by atoms with Gasteiger partial charge in [0, 0.05) is 31.9 Å². The van der Waals surface area contributed by atoms with Gasteiger partial charge < -0.3 is 15.1 Å². The van der Waals surface area contributed by atoms with E-state index < -0.39 is 0 Å². The zero-order valence-electron chi connectivity index (χ0n) is 16.0. The molecule has 0 radical (unpaired) electrons. The van der Waals surface area contributed by atoms with Crippen molar-refractivity contribution in [2.24, 2.45) is 0 Å². The number of aryl methyl sites for hydroxylation is 1. The highest BCUT2D eigenvalue weighted by atomic mass is 16.2. The van der Waals surface area contributed by atoms with Gasteiger partial charge in [-0.2, -0.15) is 0 Å². The van der Waals surface area contributed by atoms with Gasteiger partial charge >= 0.3 is 0 Å². The van der Waals surface area contributed by atoms with E-state index in [0.717, 1.165) is 37.4 Å². The Morgan fingerprint density at radius 2 is 1.81 bits per heavy atom. The third-order valence-corrected chi connectivity index (χ3v) is 4.85. The van der Waals surface area contributed by atoms with Crippen LogP contribution in [0.5, 0.6) is 0 Å². The number of amides is 1. The number of anilines is 2. The van der Waals surface area contributed by atoms with Crippen LogP contribution in [0.1, 0.15) is 41.4 Å². The summed E-state index contributed by atoms with van der Waals surface area (Å²) in [6, 6.07) is 9.85. The lowest BCUT2D eigenvalue weighted by atomic mass is 9.98. The van der Waals surface area contributed by atoms with Gasteiger partial charge in [0.25, 0.3) is 5.91 Å². The molecule has 1 aromatic carbocycles. The minimum absolute atomic E-state index is 0.0455. The summed E-state index contributed by atoms with van der Waals surface area (Å²) in [6.07, 6.45) is 0. The number of aromatic nitrogens is 2. The summed E-state index contributed by atoms with van der Waals surface area (Å²) in [5, 5.41) is 11.8. The number of nitrogens with one attached hydrogen (secondary N) is 1. The molecule has 1 aliphatic rings. The molecule has 0 aliphatic carbocycles. The number of para-hydroxylation sites is 1. The highest BCUT2D eigenvalue weighted by molar-refractivity contribution is 5.92. The first-order chi connectivity index (χ1) is 12.5. The Kier molecular flexibility index (Phi) is 5.52. The van der Waals surface area contributed by atoms with E-state index in [4.69, 9.17) is 0 Å². The lowest BCUT2D eigenvalue weighted by molar-refractivity contribution is 0.0657. The summed E-state index contributed by atoms with van der Waals surface area (Å²) >= 11 is 0. The highest BCUT2D eigenvalue weighted by Crippen LogP contribution is 2.29. The molecule has 1 amide bonds. The summed E-state index contributed by atoms with van der Waals surface area (Å²) in [5.74, 6) is 1.01. The molecule has 1 aromatic heterocycles. The molecule has 1 saturated heterocycles. The van der Waals surface area contributed by atoms with E-state index in [2.05, 4.69) is 66.4 Å². The van der Waals surface area contributed by atoms with Gasteiger partial charge in [0.2, 0.25) is 0 Å². The van der Waals surface area contributed by atoms with Crippen LogP contribution in [0.4, 0.5) is 11.5 Å². The Morgan fingerprint density at radius 3 is 2.42 bits per heavy atom. The molecule has 1 N–H and O–H groups in total. The van der Waals surface area contributed by atoms with Crippen molar-refractivity contribution in [2.75, 3.05) is 38.5 Å². The van der Waals surface area contributed by atoms with Crippen molar-refractivity contribution in [3.8, 4) is 0 Å². The molecule has 0 spiro atoms. The summed E-state index contributed by atoms with van der Waals surface area (Å²) in [7, 11) is 2.07. The molecule has 138 valence electrons. The van der Waals surface area contributed by atoms with Crippen molar-refractivity contribution >= 4 is 17.4 Å². The molecule has 3 rings (SSSR count). The molecule has 0 atom stereocenters. The number of carbonyl (C=O) groups excluding carboxylic acids is 1. The van der Waals surface area contributed by atoms with Crippen LogP contribution >= 0.6 is 0 Å². The molecule has 1 aliphatic heterocycles. The minimum Gasteiger partial charge on any atom is -0.338 e. The maximum Gasteiger partial charge on any atom is 0.274 e. The van der Waals surface area contributed by atoms with Crippen LogP contribution in [-0.4, -0.2) is 59.1 Å². The Labute approximate surface area is 155 Å². The monoisotopic (exact) mass is 353 g/mol. The number of nitrogens with zero attached hydrogens (tertiary/aromatic N) is 4. The maximum absolute atomic E-state index is 12.6. The van der Waals surface area contributed by atoms with E-state index in [0.29, 0.717) is 17.4 Å². The van der Waals surface area contributed by atoms with Crippen LogP contribution < -0.4 is 5.32 Å². The molecule has 1 fully saturated rings. The van der Waals surface area contributed by atoms with Gasteiger partial charge in [0.15, 0.2) is 11.5 Å². The molecular formula is C20H27N5O. The first kappa shape index (κ1) is 18.3. The van der Waals surface area contributed by atoms with Gasteiger partial charge in [-0.3, -0.25) is 4.79 Å². The number of rotatable bonds is 4. The number of piperazine rings is 1. The number of benzene rings is 1. The predicted molar refractivity (Wildman–Crippen MR) is 104 cm³/mol. The van der Waals surface area contributed by atoms with E-state index in [1.807, 2.05) is 11.0 Å². The number of likely N-dealkylation sites (N-methyl/N-ethyl adjacent to an activating group) is 1. The zero-order chi connectivity index (χ0) is 18.7. The first-order valence-electron chi connectivity index (χ1n) is 9.14. The lowest BCUT2D eigenvalue weighted by Gasteiger charge is -2.32. The maximum atomic E-state index is 12.6. The van der Waals surface area contributed by atoms with E-state index in [1.165, 1.54) is 5.56 Å². The van der Waals surface area contributed by atoms with Gasteiger partial charge in [0.05, 0.1) is 0 Å². The quantitative estimate of drug-likeness (QED) is 0.915. The average molecular weight is 353 g/mol. The van der Waals surface area contributed by atoms with Crippen LogP contribution in [0.15, 0.2) is 30.3 Å². The van der Waals surface area contributed by atoms with Crippen molar-refractivity contribution in [2.45, 2.75) is 26.7 Å². The normalized spacial score (nSPS) is 15.3. The average Bonchev–Trinajstić information content (AvgIpc) is 2.64. The smallest absolute Gasteiger partial charge is 0.274 e. The van der Waals surface area contributed by atoms with Crippen LogP contribution in [0.3, 0.4) is 0 Å². The van der Waals surface area contributed by atoms with Crippen molar-refractivity contribution in [1.29, 1.82) is 0 Å². The SMILES string of the molecule is Cc1cccc(C(C)C)c1Nc1ccc(C(=O)N2CCN(C)CC2)nn1. The molecule has 2 heterocycles. The second-order valence-electron chi connectivity index (χ2n) is 7.22. The fourth-order valence-electron chi connectivity index (χ4n) is 3.15. The second-order valence-corrected chi connectivity index (χ2v) is 7.22.